The number of aliphatic hydroxyl groups is 2. The van der Waals surface area contributed by atoms with Crippen LogP contribution in [0, 0.1) is 18.1 Å². The largest absolute Gasteiger partial charge is 0.394 e. The normalized spacial score (nSPS) is 29.5. The van der Waals surface area contributed by atoms with Crippen LogP contribution in [-0.4, -0.2) is 76.7 Å². The SMILES string of the molecule is C.CC[C@H]1OC(c2ccc3c(N)nc(F)nn23)[C@H](F)[C@@H]1C.Nc1nc(F)nn2c(C3O[C@H](CO)[C@@H](O)[C@H]3F)ccc12. The second-order valence-electron chi connectivity index (χ2n) is 9.66. The molecule has 224 valence electrons. The third kappa shape index (κ3) is 5.27. The van der Waals surface area contributed by atoms with Crippen LogP contribution in [0.4, 0.5) is 29.2 Å². The molecule has 12 nitrogen and oxygen atoms in total. The summed E-state index contributed by atoms with van der Waals surface area (Å²) in [5.74, 6) is -0.270. The van der Waals surface area contributed by atoms with Crippen LogP contribution in [0.5, 0.6) is 0 Å². The molecule has 0 amide bonds. The van der Waals surface area contributed by atoms with Gasteiger partial charge in [-0.1, -0.05) is 21.3 Å². The van der Waals surface area contributed by atoms with Crippen LogP contribution in [0.25, 0.3) is 11.0 Å². The summed E-state index contributed by atoms with van der Waals surface area (Å²) < 4.78 is 68.3. The van der Waals surface area contributed by atoms with Crippen LogP contribution in [0.1, 0.15) is 51.3 Å². The number of aliphatic hydroxyl groups excluding tert-OH is 2. The average molecular weight is 585 g/mol. The highest BCUT2D eigenvalue weighted by atomic mass is 19.1. The van der Waals surface area contributed by atoms with E-state index in [1.165, 1.54) is 16.6 Å². The van der Waals surface area contributed by atoms with Gasteiger partial charge in [0.05, 0.1) is 24.1 Å². The smallest absolute Gasteiger partial charge is 0.327 e. The van der Waals surface area contributed by atoms with E-state index in [1.807, 2.05) is 13.8 Å². The Hall–Kier alpha value is -3.60. The van der Waals surface area contributed by atoms with Crippen molar-refractivity contribution in [2.24, 2.45) is 5.92 Å². The van der Waals surface area contributed by atoms with Crippen molar-refractivity contribution in [1.82, 2.24) is 29.2 Å². The maximum absolute atomic E-state index is 14.4. The topological polar surface area (TPSA) is 171 Å². The summed E-state index contributed by atoms with van der Waals surface area (Å²) in [5.41, 5.74) is 12.6. The predicted octanol–water partition coefficient (Wildman–Crippen LogP) is 2.49. The lowest BCUT2D eigenvalue weighted by atomic mass is 9.97. The highest BCUT2D eigenvalue weighted by molar-refractivity contribution is 5.66. The van der Waals surface area contributed by atoms with Gasteiger partial charge < -0.3 is 31.2 Å². The predicted molar refractivity (Wildman–Crippen MR) is 139 cm³/mol. The molecule has 4 aromatic heterocycles. The van der Waals surface area contributed by atoms with Gasteiger partial charge >= 0.3 is 12.2 Å². The standard InChI is InChI=1S/C13H16F2N4O.C11H12F2N4O3.CH4/c1-3-9-6(2)10(14)11(20-9)7-4-5-8-12(16)17-13(15)18-19(7)8;12-7-8(19)6(3-18)20-9(7)4-1-2-5-10(14)15-11(13)16-17(4)5;/h4-6,9-11H,3H2,1-2H3,(H2,16,17,18);1-2,6-9,18-19H,3H2,(H2,14,15,16);1H4/t6-,9-,10-,11?;6-,7-,8-,9?;/m11./s1. The summed E-state index contributed by atoms with van der Waals surface area (Å²) in [6.07, 6.45) is -8.76. The fourth-order valence-electron chi connectivity index (χ4n) is 5.13. The highest BCUT2D eigenvalue weighted by Crippen LogP contribution is 2.41. The van der Waals surface area contributed by atoms with Gasteiger partial charge in [-0.2, -0.15) is 18.7 Å². The molecule has 0 bridgehead atoms. The summed E-state index contributed by atoms with van der Waals surface area (Å²) in [7, 11) is 0. The first-order valence-electron chi connectivity index (χ1n) is 12.5. The van der Waals surface area contributed by atoms with E-state index in [1.54, 1.807) is 12.1 Å². The summed E-state index contributed by atoms with van der Waals surface area (Å²) in [6.45, 7) is 3.25. The lowest BCUT2D eigenvalue weighted by molar-refractivity contribution is -0.0241. The second-order valence-corrected chi connectivity index (χ2v) is 9.66. The van der Waals surface area contributed by atoms with Gasteiger partial charge in [-0.3, -0.25) is 0 Å². The molecule has 4 aromatic rings. The van der Waals surface area contributed by atoms with Crippen LogP contribution in [0.3, 0.4) is 0 Å². The molecule has 2 saturated heterocycles. The molecule has 6 heterocycles. The fourth-order valence-corrected chi connectivity index (χ4v) is 5.13. The van der Waals surface area contributed by atoms with Crippen molar-refractivity contribution in [3.05, 3.63) is 47.8 Å². The molecular weight excluding hydrogens is 552 g/mol. The molecule has 16 heteroatoms. The number of hydrogen-bond donors (Lipinski definition) is 4. The summed E-state index contributed by atoms with van der Waals surface area (Å²) in [4.78, 5) is 6.81. The Kier molecular flexibility index (Phi) is 8.67. The number of nitrogens with zero attached hydrogens (tertiary/aromatic N) is 6. The summed E-state index contributed by atoms with van der Waals surface area (Å²) in [5, 5.41) is 25.8. The van der Waals surface area contributed by atoms with Crippen LogP contribution in [0.15, 0.2) is 24.3 Å². The minimum atomic E-state index is -1.76. The number of nitrogens with two attached hydrogens (primary N) is 2. The van der Waals surface area contributed by atoms with Crippen molar-refractivity contribution in [3.63, 3.8) is 0 Å². The first-order valence-corrected chi connectivity index (χ1v) is 12.5. The van der Waals surface area contributed by atoms with Crippen LogP contribution < -0.4 is 11.5 Å². The zero-order valence-corrected chi connectivity index (χ0v) is 21.4. The van der Waals surface area contributed by atoms with Gasteiger partial charge in [-0.05, 0) is 30.7 Å². The maximum Gasteiger partial charge on any atom is 0.327 e. The van der Waals surface area contributed by atoms with Crippen LogP contribution in [0.2, 0.25) is 0 Å². The molecule has 0 radical (unpaired) electrons. The molecule has 41 heavy (non-hydrogen) atoms. The first-order chi connectivity index (χ1) is 19.0. The van der Waals surface area contributed by atoms with Crippen LogP contribution >= 0.6 is 0 Å². The summed E-state index contributed by atoms with van der Waals surface area (Å²) in [6, 6.07) is 6.26. The number of ether oxygens (including phenoxy) is 2. The Bertz CT molecular complexity index is 1410. The zero-order chi connectivity index (χ0) is 28.9. The number of fused-ring (bicyclic) bond motifs is 2. The zero-order valence-electron chi connectivity index (χ0n) is 21.4. The third-order valence-corrected chi connectivity index (χ3v) is 7.27. The quantitative estimate of drug-likeness (QED) is 0.261. The molecule has 2 fully saturated rings. The molecule has 6 rings (SSSR count). The molecule has 2 aliphatic rings. The Morgan fingerprint density at radius 3 is 1.73 bits per heavy atom. The van der Waals surface area contributed by atoms with E-state index < -0.39 is 55.5 Å². The minimum Gasteiger partial charge on any atom is -0.394 e. The fraction of sp³-hybridized carbons (Fsp3) is 0.520. The lowest BCUT2D eigenvalue weighted by Gasteiger charge is -2.13. The number of alkyl halides is 2. The van der Waals surface area contributed by atoms with E-state index in [0.29, 0.717) is 16.7 Å². The van der Waals surface area contributed by atoms with E-state index in [4.69, 9.17) is 26.0 Å². The van der Waals surface area contributed by atoms with E-state index in [0.717, 1.165) is 10.9 Å². The number of nitrogen functional groups attached to an aromatic ring is 2. The van der Waals surface area contributed by atoms with E-state index >= 15 is 0 Å². The summed E-state index contributed by atoms with van der Waals surface area (Å²) >= 11 is 0. The second kappa shape index (κ2) is 11.7. The van der Waals surface area contributed by atoms with Crippen molar-refractivity contribution in [3.8, 4) is 0 Å². The van der Waals surface area contributed by atoms with Gasteiger partial charge in [-0.25, -0.2) is 17.8 Å². The molecule has 0 spiro atoms. The lowest BCUT2D eigenvalue weighted by Crippen LogP contribution is -2.30. The van der Waals surface area contributed by atoms with Gasteiger partial charge in [0.2, 0.25) is 0 Å². The van der Waals surface area contributed by atoms with E-state index in [9.17, 15) is 22.7 Å². The van der Waals surface area contributed by atoms with E-state index in [-0.39, 0.29) is 36.8 Å². The molecule has 2 unspecified atom stereocenters. The Morgan fingerprint density at radius 2 is 1.32 bits per heavy atom. The molecule has 2 aliphatic heterocycles. The minimum absolute atomic E-state index is 0. The Balaban J connectivity index is 0.000000184. The Labute approximate surface area is 231 Å². The van der Waals surface area contributed by atoms with E-state index in [2.05, 4.69) is 20.2 Å². The van der Waals surface area contributed by atoms with Crippen molar-refractivity contribution in [2.45, 2.75) is 70.6 Å². The van der Waals surface area contributed by atoms with Crippen molar-refractivity contribution in [2.75, 3.05) is 18.1 Å². The number of hydrogen-bond acceptors (Lipinski definition) is 10. The number of halogens is 4. The van der Waals surface area contributed by atoms with Crippen molar-refractivity contribution in [1.29, 1.82) is 0 Å². The third-order valence-electron chi connectivity index (χ3n) is 7.27. The van der Waals surface area contributed by atoms with Gasteiger partial charge in [0.15, 0.2) is 17.8 Å². The molecule has 6 N–H and O–H groups in total. The van der Waals surface area contributed by atoms with Gasteiger partial charge in [-0.15, -0.1) is 10.2 Å². The van der Waals surface area contributed by atoms with Crippen molar-refractivity contribution < 1.29 is 37.2 Å². The van der Waals surface area contributed by atoms with Crippen molar-refractivity contribution >= 4 is 22.7 Å². The molecular formula is C25H32F4N8O4. The molecule has 0 aliphatic carbocycles. The monoisotopic (exact) mass is 584 g/mol. The molecule has 0 aromatic carbocycles. The van der Waals surface area contributed by atoms with Gasteiger partial charge in [0, 0.05) is 5.92 Å². The molecule has 8 atom stereocenters. The maximum atomic E-state index is 14.4. The number of anilines is 2. The van der Waals surface area contributed by atoms with Crippen LogP contribution in [-0.2, 0) is 9.47 Å². The highest BCUT2D eigenvalue weighted by Gasteiger charge is 2.46. The Morgan fingerprint density at radius 1 is 0.854 bits per heavy atom. The number of rotatable bonds is 4. The number of aromatic nitrogens is 6. The average Bonchev–Trinajstić information content (AvgIpc) is 3.66. The first kappa shape index (κ1) is 30.4. The molecule has 0 saturated carbocycles. The van der Waals surface area contributed by atoms with Gasteiger partial charge in [0.25, 0.3) is 0 Å². The van der Waals surface area contributed by atoms with Gasteiger partial charge in [0.1, 0.15) is 41.6 Å².